The second-order valence-electron chi connectivity index (χ2n) is 8.41. The van der Waals surface area contributed by atoms with E-state index < -0.39 is 0 Å². The molecule has 0 aromatic heterocycles. The first-order chi connectivity index (χ1) is 15.0. The average Bonchev–Trinajstić information content (AvgIpc) is 3.30. The molecule has 2 aromatic rings. The fourth-order valence-corrected chi connectivity index (χ4v) is 4.72. The van der Waals surface area contributed by atoms with Crippen molar-refractivity contribution in [2.45, 2.75) is 45.6 Å². The van der Waals surface area contributed by atoms with Gasteiger partial charge in [-0.15, -0.1) is 0 Å². The van der Waals surface area contributed by atoms with Crippen molar-refractivity contribution in [2.75, 3.05) is 25.0 Å². The number of nitrogens with zero attached hydrogens (tertiary/aromatic N) is 2. The molecule has 2 heterocycles. The van der Waals surface area contributed by atoms with Gasteiger partial charge in [0.15, 0.2) is 0 Å². The molecule has 1 unspecified atom stereocenters. The van der Waals surface area contributed by atoms with E-state index in [0.717, 1.165) is 43.5 Å². The summed E-state index contributed by atoms with van der Waals surface area (Å²) in [6.45, 7) is 5.62. The van der Waals surface area contributed by atoms with Gasteiger partial charge >= 0.3 is 0 Å². The third-order valence-electron chi connectivity index (χ3n) is 6.43. The van der Waals surface area contributed by atoms with Crippen LogP contribution in [0.4, 0.5) is 5.69 Å². The molecular formula is C25H29N3O3. The molecule has 0 bridgehead atoms. The maximum Gasteiger partial charge on any atom is 0.254 e. The Hall–Kier alpha value is -3.15. The van der Waals surface area contributed by atoms with Crippen molar-refractivity contribution >= 4 is 23.4 Å². The standard InChI is InChI=1S/C25H29N3O3/c1-17-20(25(31)27-13-5-6-14-27)10-7-11-22(17)26-24(30)16-23-21-9-4-3-8-19(21)12-15-28(23)18(2)29/h3-4,7-11,23H,5-6,12-16H2,1-2H3,(H,26,30). The SMILES string of the molecule is CC(=O)N1CCc2ccccc2C1CC(=O)Nc1cccc(C(=O)N2CCCC2)c1C. The van der Waals surface area contributed by atoms with Crippen LogP contribution in [0.25, 0.3) is 0 Å². The van der Waals surface area contributed by atoms with E-state index in [1.165, 1.54) is 5.56 Å². The predicted molar refractivity (Wildman–Crippen MR) is 120 cm³/mol. The minimum Gasteiger partial charge on any atom is -0.339 e. The van der Waals surface area contributed by atoms with Crippen LogP contribution in [0.2, 0.25) is 0 Å². The van der Waals surface area contributed by atoms with Gasteiger partial charge < -0.3 is 15.1 Å². The van der Waals surface area contributed by atoms with Crippen molar-refractivity contribution in [3.63, 3.8) is 0 Å². The lowest BCUT2D eigenvalue weighted by Crippen LogP contribution is -2.40. The molecule has 0 radical (unpaired) electrons. The van der Waals surface area contributed by atoms with Crippen LogP contribution in [0.3, 0.4) is 0 Å². The summed E-state index contributed by atoms with van der Waals surface area (Å²) >= 11 is 0. The van der Waals surface area contributed by atoms with Gasteiger partial charge in [-0.3, -0.25) is 14.4 Å². The number of anilines is 1. The van der Waals surface area contributed by atoms with Gasteiger partial charge in [-0.2, -0.15) is 0 Å². The van der Waals surface area contributed by atoms with Gasteiger partial charge in [0, 0.05) is 37.8 Å². The summed E-state index contributed by atoms with van der Waals surface area (Å²) in [6, 6.07) is 13.2. The maximum absolute atomic E-state index is 13.0. The molecule has 2 aliphatic heterocycles. The Morgan fingerprint density at radius 3 is 2.48 bits per heavy atom. The molecule has 0 saturated carbocycles. The lowest BCUT2D eigenvalue weighted by atomic mass is 9.90. The molecule has 6 heteroatoms. The average molecular weight is 420 g/mol. The van der Waals surface area contributed by atoms with E-state index in [1.807, 2.05) is 48.2 Å². The molecule has 1 saturated heterocycles. The molecule has 1 fully saturated rings. The van der Waals surface area contributed by atoms with Crippen molar-refractivity contribution in [3.05, 3.63) is 64.7 Å². The van der Waals surface area contributed by atoms with Crippen LogP contribution in [0.15, 0.2) is 42.5 Å². The molecule has 4 rings (SSSR count). The largest absolute Gasteiger partial charge is 0.339 e. The van der Waals surface area contributed by atoms with Crippen molar-refractivity contribution in [3.8, 4) is 0 Å². The molecule has 0 spiro atoms. The smallest absolute Gasteiger partial charge is 0.254 e. The van der Waals surface area contributed by atoms with Crippen molar-refractivity contribution in [1.82, 2.24) is 9.80 Å². The van der Waals surface area contributed by atoms with Crippen LogP contribution in [0.5, 0.6) is 0 Å². The topological polar surface area (TPSA) is 69.7 Å². The van der Waals surface area contributed by atoms with Crippen LogP contribution in [0, 0.1) is 6.92 Å². The molecule has 2 aromatic carbocycles. The van der Waals surface area contributed by atoms with E-state index in [9.17, 15) is 14.4 Å². The summed E-state index contributed by atoms with van der Waals surface area (Å²) in [5.74, 6) is -0.168. The number of carbonyl (C=O) groups excluding carboxylic acids is 3. The van der Waals surface area contributed by atoms with E-state index in [0.29, 0.717) is 17.8 Å². The Morgan fingerprint density at radius 1 is 1.00 bits per heavy atom. The summed E-state index contributed by atoms with van der Waals surface area (Å²) in [5, 5.41) is 2.99. The first kappa shape index (κ1) is 21.1. The molecule has 6 nitrogen and oxygen atoms in total. The second kappa shape index (κ2) is 8.92. The fourth-order valence-electron chi connectivity index (χ4n) is 4.72. The van der Waals surface area contributed by atoms with E-state index >= 15 is 0 Å². The van der Waals surface area contributed by atoms with Crippen LogP contribution in [0.1, 0.15) is 59.3 Å². The summed E-state index contributed by atoms with van der Waals surface area (Å²) < 4.78 is 0. The molecule has 31 heavy (non-hydrogen) atoms. The van der Waals surface area contributed by atoms with Crippen molar-refractivity contribution in [2.24, 2.45) is 0 Å². The predicted octanol–water partition coefficient (Wildman–Crippen LogP) is 3.71. The number of carbonyl (C=O) groups is 3. The third-order valence-corrected chi connectivity index (χ3v) is 6.43. The quantitative estimate of drug-likeness (QED) is 0.821. The highest BCUT2D eigenvalue weighted by atomic mass is 16.2. The number of fused-ring (bicyclic) bond motifs is 1. The minimum absolute atomic E-state index is 0.0232. The molecule has 0 aliphatic carbocycles. The van der Waals surface area contributed by atoms with Gasteiger partial charge in [0.2, 0.25) is 11.8 Å². The normalized spacial score (nSPS) is 17.9. The minimum atomic E-state index is -0.280. The van der Waals surface area contributed by atoms with Crippen LogP contribution in [-0.4, -0.2) is 47.2 Å². The van der Waals surface area contributed by atoms with E-state index in [4.69, 9.17) is 0 Å². The Kier molecular flexibility index (Phi) is 6.07. The number of hydrogen-bond donors (Lipinski definition) is 1. The van der Waals surface area contributed by atoms with Gasteiger partial charge in [0.1, 0.15) is 0 Å². The molecular weight excluding hydrogens is 390 g/mol. The first-order valence-electron chi connectivity index (χ1n) is 11.0. The molecule has 1 N–H and O–H groups in total. The highest BCUT2D eigenvalue weighted by molar-refractivity contribution is 5.99. The summed E-state index contributed by atoms with van der Waals surface area (Å²) in [5.41, 5.74) is 4.28. The zero-order chi connectivity index (χ0) is 22.0. The number of amides is 3. The Labute approximate surface area is 183 Å². The van der Waals surface area contributed by atoms with E-state index in [-0.39, 0.29) is 30.2 Å². The first-order valence-corrected chi connectivity index (χ1v) is 11.0. The summed E-state index contributed by atoms with van der Waals surface area (Å²) in [4.78, 5) is 41.7. The molecule has 1 atom stereocenters. The Balaban J connectivity index is 1.53. The zero-order valence-corrected chi connectivity index (χ0v) is 18.2. The van der Waals surface area contributed by atoms with Gasteiger partial charge in [-0.1, -0.05) is 30.3 Å². The van der Waals surface area contributed by atoms with Crippen LogP contribution < -0.4 is 5.32 Å². The fraction of sp³-hybridized carbons (Fsp3) is 0.400. The van der Waals surface area contributed by atoms with Crippen LogP contribution in [-0.2, 0) is 16.0 Å². The third kappa shape index (κ3) is 4.33. The van der Waals surface area contributed by atoms with Gasteiger partial charge in [-0.05, 0) is 55.0 Å². The second-order valence-corrected chi connectivity index (χ2v) is 8.41. The van der Waals surface area contributed by atoms with E-state index in [2.05, 4.69) is 11.4 Å². The number of rotatable bonds is 4. The lowest BCUT2D eigenvalue weighted by molar-refractivity contribution is -0.132. The number of nitrogens with one attached hydrogen (secondary N) is 1. The number of hydrogen-bond acceptors (Lipinski definition) is 3. The van der Waals surface area contributed by atoms with E-state index in [1.54, 1.807) is 11.8 Å². The number of benzene rings is 2. The number of likely N-dealkylation sites (tertiary alicyclic amines) is 1. The molecule has 2 aliphatic rings. The lowest BCUT2D eigenvalue weighted by Gasteiger charge is -2.36. The summed E-state index contributed by atoms with van der Waals surface area (Å²) in [6.07, 6.45) is 3.06. The highest BCUT2D eigenvalue weighted by Crippen LogP contribution is 2.33. The Morgan fingerprint density at radius 2 is 1.74 bits per heavy atom. The van der Waals surface area contributed by atoms with Gasteiger partial charge in [0.25, 0.3) is 5.91 Å². The molecule has 3 amide bonds. The van der Waals surface area contributed by atoms with Crippen LogP contribution >= 0.6 is 0 Å². The molecule has 162 valence electrons. The van der Waals surface area contributed by atoms with Crippen molar-refractivity contribution < 1.29 is 14.4 Å². The highest BCUT2D eigenvalue weighted by Gasteiger charge is 2.31. The maximum atomic E-state index is 13.0. The van der Waals surface area contributed by atoms with Gasteiger partial charge in [-0.25, -0.2) is 0 Å². The monoisotopic (exact) mass is 419 g/mol. The van der Waals surface area contributed by atoms with Crippen molar-refractivity contribution in [1.29, 1.82) is 0 Å². The van der Waals surface area contributed by atoms with Gasteiger partial charge in [0.05, 0.1) is 12.5 Å². The Bertz CT molecular complexity index is 1010. The summed E-state index contributed by atoms with van der Waals surface area (Å²) in [7, 11) is 0. The zero-order valence-electron chi connectivity index (χ0n) is 18.2.